The third-order valence-electron chi connectivity index (χ3n) is 3.85. The van der Waals surface area contributed by atoms with E-state index in [9.17, 15) is 9.59 Å². The molecule has 1 aliphatic carbocycles. The second-order valence-electron chi connectivity index (χ2n) is 5.20. The molecule has 5 nitrogen and oxygen atoms in total. The summed E-state index contributed by atoms with van der Waals surface area (Å²) in [5.74, 6) is -0.887. The van der Waals surface area contributed by atoms with E-state index in [0.717, 1.165) is 25.7 Å². The lowest BCUT2D eigenvalue weighted by atomic mass is 10.1. The molecule has 1 atom stereocenters. The van der Waals surface area contributed by atoms with Gasteiger partial charge in [-0.05, 0) is 25.7 Å². The van der Waals surface area contributed by atoms with Crippen LogP contribution < -0.4 is 0 Å². The average molecular weight is 255 g/mol. The second kappa shape index (κ2) is 6.18. The summed E-state index contributed by atoms with van der Waals surface area (Å²) in [6.45, 7) is 0.783. The van der Waals surface area contributed by atoms with Gasteiger partial charge in [-0.2, -0.15) is 0 Å². The van der Waals surface area contributed by atoms with Crippen LogP contribution in [0, 0.1) is 0 Å². The number of hydrogen-bond acceptors (Lipinski definition) is 3. The van der Waals surface area contributed by atoms with Gasteiger partial charge in [0.25, 0.3) is 0 Å². The number of carboxylic acids is 1. The van der Waals surface area contributed by atoms with Crippen molar-refractivity contribution in [3.05, 3.63) is 0 Å². The number of carboxylic acid groups (broad SMARTS) is 1. The molecule has 0 aromatic carbocycles. The van der Waals surface area contributed by atoms with Gasteiger partial charge in [0.05, 0.1) is 12.5 Å². The molecule has 0 aromatic heterocycles. The van der Waals surface area contributed by atoms with E-state index in [1.807, 2.05) is 0 Å². The predicted octanol–water partition coefficient (Wildman–Crippen LogP) is 1.41. The zero-order valence-corrected chi connectivity index (χ0v) is 10.6. The van der Waals surface area contributed by atoms with Gasteiger partial charge < -0.3 is 14.7 Å². The Morgan fingerprint density at radius 3 is 2.56 bits per heavy atom. The lowest BCUT2D eigenvalue weighted by molar-refractivity contribution is -0.142. The van der Waals surface area contributed by atoms with Crippen molar-refractivity contribution in [2.75, 3.05) is 13.2 Å². The van der Waals surface area contributed by atoms with Gasteiger partial charge in [-0.3, -0.25) is 9.59 Å². The second-order valence-corrected chi connectivity index (χ2v) is 5.20. The molecule has 2 rings (SSSR count). The quantitative estimate of drug-likeness (QED) is 0.806. The van der Waals surface area contributed by atoms with Crippen LogP contribution in [0.3, 0.4) is 0 Å². The first-order valence-corrected chi connectivity index (χ1v) is 6.79. The fourth-order valence-corrected chi connectivity index (χ4v) is 2.90. The van der Waals surface area contributed by atoms with Gasteiger partial charge in [0, 0.05) is 12.6 Å². The number of hydrogen-bond donors (Lipinski definition) is 1. The van der Waals surface area contributed by atoms with Gasteiger partial charge >= 0.3 is 5.97 Å². The van der Waals surface area contributed by atoms with E-state index in [-0.39, 0.29) is 31.1 Å². The Labute approximate surface area is 107 Å². The molecule has 1 heterocycles. The highest BCUT2D eigenvalue weighted by molar-refractivity contribution is 5.79. The van der Waals surface area contributed by atoms with Gasteiger partial charge in [-0.1, -0.05) is 12.8 Å². The molecule has 0 bridgehead atoms. The van der Waals surface area contributed by atoms with Crippen LogP contribution in [-0.2, 0) is 14.3 Å². The highest BCUT2D eigenvalue weighted by Gasteiger charge is 2.30. The van der Waals surface area contributed by atoms with E-state index >= 15 is 0 Å². The van der Waals surface area contributed by atoms with Crippen molar-refractivity contribution in [1.82, 2.24) is 4.90 Å². The number of nitrogens with zero attached hydrogens (tertiary/aromatic N) is 1. The molecular formula is C13H21NO4. The van der Waals surface area contributed by atoms with Crippen LogP contribution in [0.25, 0.3) is 0 Å². The molecule has 0 aromatic rings. The van der Waals surface area contributed by atoms with Gasteiger partial charge in [-0.25, -0.2) is 0 Å². The summed E-state index contributed by atoms with van der Waals surface area (Å²) in [4.78, 5) is 24.4. The molecule has 1 aliphatic heterocycles. The van der Waals surface area contributed by atoms with Crippen molar-refractivity contribution >= 4 is 11.9 Å². The summed E-state index contributed by atoms with van der Waals surface area (Å²) in [5.41, 5.74) is 0. The largest absolute Gasteiger partial charge is 0.481 e. The van der Waals surface area contributed by atoms with E-state index in [2.05, 4.69) is 0 Å². The van der Waals surface area contributed by atoms with E-state index < -0.39 is 5.97 Å². The van der Waals surface area contributed by atoms with Crippen molar-refractivity contribution in [3.63, 3.8) is 0 Å². The van der Waals surface area contributed by atoms with E-state index in [1.165, 1.54) is 12.8 Å². The summed E-state index contributed by atoms with van der Waals surface area (Å²) >= 11 is 0. The number of amides is 1. The Hall–Kier alpha value is -1.10. The number of aliphatic carboxylic acids is 1. The summed E-state index contributed by atoms with van der Waals surface area (Å²) < 4.78 is 5.59. The molecule has 5 heteroatoms. The van der Waals surface area contributed by atoms with E-state index in [0.29, 0.717) is 6.54 Å². The zero-order chi connectivity index (χ0) is 13.0. The molecule has 1 amide bonds. The van der Waals surface area contributed by atoms with Gasteiger partial charge in [0.15, 0.2) is 0 Å². The van der Waals surface area contributed by atoms with E-state index in [4.69, 9.17) is 9.84 Å². The maximum atomic E-state index is 12.0. The molecule has 2 aliphatic rings. The Bertz CT molecular complexity index is 312. The molecule has 1 saturated heterocycles. The Kier molecular flexibility index (Phi) is 4.58. The summed E-state index contributed by atoms with van der Waals surface area (Å²) in [6.07, 6.45) is 6.44. The third kappa shape index (κ3) is 3.45. The van der Waals surface area contributed by atoms with Crippen LogP contribution in [0.1, 0.15) is 44.9 Å². The standard InChI is InChI=1S/C13H21NO4/c15-12(9-18-11-5-1-2-6-11)14-7-3-4-10(14)8-13(16)17/h10-11H,1-9H2,(H,16,17). The third-order valence-corrected chi connectivity index (χ3v) is 3.85. The monoisotopic (exact) mass is 255 g/mol. The Balaban J connectivity index is 1.77. The fraction of sp³-hybridized carbons (Fsp3) is 0.846. The summed E-state index contributed by atoms with van der Waals surface area (Å²) in [5, 5.41) is 8.81. The highest BCUT2D eigenvalue weighted by atomic mass is 16.5. The van der Waals surface area contributed by atoms with Crippen molar-refractivity contribution in [3.8, 4) is 0 Å². The number of carbonyl (C=O) groups excluding carboxylic acids is 1. The Morgan fingerprint density at radius 2 is 1.89 bits per heavy atom. The van der Waals surface area contributed by atoms with Crippen LogP contribution in [0.5, 0.6) is 0 Å². The molecule has 0 spiro atoms. The number of rotatable bonds is 5. The number of likely N-dealkylation sites (tertiary alicyclic amines) is 1. The minimum atomic E-state index is -0.837. The molecule has 0 radical (unpaired) electrons. The van der Waals surface area contributed by atoms with Crippen LogP contribution in [0.2, 0.25) is 0 Å². The SMILES string of the molecule is O=C(O)CC1CCCN1C(=O)COC1CCCC1. The van der Waals surface area contributed by atoms with Gasteiger partial charge in [-0.15, -0.1) is 0 Å². The normalized spacial score (nSPS) is 24.7. The molecule has 1 saturated carbocycles. The minimum Gasteiger partial charge on any atom is -0.481 e. The molecular weight excluding hydrogens is 234 g/mol. The van der Waals surface area contributed by atoms with Crippen molar-refractivity contribution in [2.24, 2.45) is 0 Å². The van der Waals surface area contributed by atoms with Gasteiger partial charge in [0.2, 0.25) is 5.91 Å². The minimum absolute atomic E-state index is 0.0503. The molecule has 102 valence electrons. The van der Waals surface area contributed by atoms with Crippen LogP contribution >= 0.6 is 0 Å². The summed E-state index contributed by atoms with van der Waals surface area (Å²) in [7, 11) is 0. The molecule has 1 N–H and O–H groups in total. The zero-order valence-electron chi connectivity index (χ0n) is 10.6. The lowest BCUT2D eigenvalue weighted by Crippen LogP contribution is -2.39. The smallest absolute Gasteiger partial charge is 0.305 e. The maximum Gasteiger partial charge on any atom is 0.305 e. The van der Waals surface area contributed by atoms with Crippen LogP contribution in [0.15, 0.2) is 0 Å². The predicted molar refractivity (Wildman–Crippen MR) is 65.2 cm³/mol. The molecule has 2 fully saturated rings. The average Bonchev–Trinajstić information content (AvgIpc) is 2.95. The molecule has 1 unspecified atom stereocenters. The first-order chi connectivity index (χ1) is 8.66. The Morgan fingerprint density at radius 1 is 1.17 bits per heavy atom. The van der Waals surface area contributed by atoms with Crippen LogP contribution in [0.4, 0.5) is 0 Å². The van der Waals surface area contributed by atoms with Crippen molar-refractivity contribution in [1.29, 1.82) is 0 Å². The first-order valence-electron chi connectivity index (χ1n) is 6.79. The van der Waals surface area contributed by atoms with Crippen molar-refractivity contribution < 1.29 is 19.4 Å². The fourth-order valence-electron chi connectivity index (χ4n) is 2.90. The summed E-state index contributed by atoms with van der Waals surface area (Å²) in [6, 6.07) is -0.137. The lowest BCUT2D eigenvalue weighted by Gasteiger charge is -2.24. The first kappa shape index (κ1) is 13.3. The number of carbonyl (C=O) groups is 2. The molecule has 18 heavy (non-hydrogen) atoms. The topological polar surface area (TPSA) is 66.8 Å². The van der Waals surface area contributed by atoms with Crippen LogP contribution in [-0.4, -0.2) is 47.2 Å². The maximum absolute atomic E-state index is 12.0. The van der Waals surface area contributed by atoms with E-state index in [1.54, 1.807) is 4.90 Å². The number of ether oxygens (including phenoxy) is 1. The highest BCUT2D eigenvalue weighted by Crippen LogP contribution is 2.23. The van der Waals surface area contributed by atoms with Crippen molar-refractivity contribution in [2.45, 2.75) is 57.1 Å². The van der Waals surface area contributed by atoms with Gasteiger partial charge in [0.1, 0.15) is 6.61 Å².